The van der Waals surface area contributed by atoms with Gasteiger partial charge in [-0.2, -0.15) is 15.6 Å². The third kappa shape index (κ3) is 4.33. The van der Waals surface area contributed by atoms with Gasteiger partial charge in [0.05, 0.1) is 18.0 Å². The summed E-state index contributed by atoms with van der Waals surface area (Å²) in [5.41, 5.74) is -0.442. The SMILES string of the molecule is C[C@@H]1CN(c2ncnc3c(-n4cc(C#N)c(Cl)n4)ccc([C@@H]4C[C@H]4F)c23)[C@@H](C)CN1C(=O)C(C#N)(CF)CF. The van der Waals surface area contributed by atoms with Crippen molar-refractivity contribution in [3.05, 3.63) is 40.9 Å². The molecule has 2 aromatic heterocycles. The lowest BCUT2D eigenvalue weighted by atomic mass is 9.90. The first-order valence-electron chi connectivity index (χ1n) is 12.4. The first-order chi connectivity index (χ1) is 18.7. The molecule has 0 unspecified atom stereocenters. The summed E-state index contributed by atoms with van der Waals surface area (Å²) in [5, 5.41) is 23.6. The molecular formula is C26H24ClF3N8O. The van der Waals surface area contributed by atoms with E-state index in [4.69, 9.17) is 11.6 Å². The molecule has 202 valence electrons. The number of aromatic nitrogens is 4. The second-order valence-corrected chi connectivity index (χ2v) is 10.5. The van der Waals surface area contributed by atoms with E-state index in [2.05, 4.69) is 15.1 Å². The molecule has 1 amide bonds. The highest BCUT2D eigenvalue weighted by atomic mass is 35.5. The number of nitrogens with zero attached hydrogens (tertiary/aromatic N) is 8. The average molecular weight is 557 g/mol. The summed E-state index contributed by atoms with van der Waals surface area (Å²) in [7, 11) is 0. The summed E-state index contributed by atoms with van der Waals surface area (Å²) < 4.78 is 43.1. The summed E-state index contributed by atoms with van der Waals surface area (Å²) in [6, 6.07) is 6.20. The van der Waals surface area contributed by atoms with Crippen LogP contribution in [0.3, 0.4) is 0 Å². The quantitative estimate of drug-likeness (QED) is 0.450. The molecule has 1 saturated carbocycles. The highest BCUT2D eigenvalue weighted by Gasteiger charge is 2.47. The Kier molecular flexibility index (Phi) is 6.85. The largest absolute Gasteiger partial charge is 0.349 e. The van der Waals surface area contributed by atoms with Crippen LogP contribution in [0.15, 0.2) is 24.7 Å². The molecule has 5 rings (SSSR count). The Hall–Kier alpha value is -3.90. The van der Waals surface area contributed by atoms with Gasteiger partial charge in [-0.3, -0.25) is 4.79 Å². The number of anilines is 1. The third-order valence-corrected chi connectivity index (χ3v) is 7.81. The van der Waals surface area contributed by atoms with Gasteiger partial charge >= 0.3 is 0 Å². The maximum absolute atomic E-state index is 14.3. The Labute approximate surface area is 227 Å². The topological polar surface area (TPSA) is 115 Å². The minimum Gasteiger partial charge on any atom is -0.349 e. The van der Waals surface area contributed by atoms with Crippen LogP contribution < -0.4 is 4.90 Å². The van der Waals surface area contributed by atoms with Crippen molar-refractivity contribution in [3.8, 4) is 17.8 Å². The van der Waals surface area contributed by atoms with E-state index in [0.29, 0.717) is 28.8 Å². The van der Waals surface area contributed by atoms with Gasteiger partial charge in [0.2, 0.25) is 5.91 Å². The van der Waals surface area contributed by atoms with E-state index >= 15 is 0 Å². The van der Waals surface area contributed by atoms with Gasteiger partial charge in [0.25, 0.3) is 0 Å². The van der Waals surface area contributed by atoms with Gasteiger partial charge in [0, 0.05) is 36.5 Å². The Bertz CT molecular complexity index is 1530. The molecule has 0 N–H and O–H groups in total. The van der Waals surface area contributed by atoms with Crippen LogP contribution in [-0.2, 0) is 4.79 Å². The molecular weight excluding hydrogens is 533 g/mol. The normalized spacial score (nSPS) is 23.0. The molecule has 2 aliphatic rings. The van der Waals surface area contributed by atoms with E-state index < -0.39 is 36.9 Å². The lowest BCUT2D eigenvalue weighted by molar-refractivity contribution is -0.143. The Morgan fingerprint density at radius 2 is 1.90 bits per heavy atom. The Morgan fingerprint density at radius 3 is 2.49 bits per heavy atom. The van der Waals surface area contributed by atoms with Gasteiger partial charge in [-0.15, -0.1) is 0 Å². The molecule has 2 fully saturated rings. The van der Waals surface area contributed by atoms with Crippen LogP contribution in [0.4, 0.5) is 19.0 Å². The van der Waals surface area contributed by atoms with Crippen LogP contribution in [0.5, 0.6) is 0 Å². The fourth-order valence-corrected chi connectivity index (χ4v) is 5.33. The number of halogens is 4. The number of hydrogen-bond acceptors (Lipinski definition) is 7. The van der Waals surface area contributed by atoms with Gasteiger partial charge in [-0.05, 0) is 31.9 Å². The smallest absolute Gasteiger partial charge is 0.248 e. The molecule has 1 aliphatic carbocycles. The van der Waals surface area contributed by atoms with Gasteiger partial charge in [0.1, 0.15) is 48.8 Å². The first-order valence-corrected chi connectivity index (χ1v) is 12.8. The van der Waals surface area contributed by atoms with Crippen molar-refractivity contribution in [2.24, 2.45) is 5.41 Å². The number of nitriles is 2. The van der Waals surface area contributed by atoms with Gasteiger partial charge in [-0.25, -0.2) is 27.8 Å². The summed E-state index contributed by atoms with van der Waals surface area (Å²) in [6.07, 6.45) is 2.23. The van der Waals surface area contributed by atoms with Crippen LogP contribution >= 0.6 is 11.6 Å². The Morgan fingerprint density at radius 1 is 1.18 bits per heavy atom. The van der Waals surface area contributed by atoms with E-state index in [0.717, 1.165) is 5.56 Å². The number of rotatable bonds is 6. The second kappa shape index (κ2) is 10.0. The molecule has 1 aromatic carbocycles. The maximum atomic E-state index is 14.3. The molecule has 3 aromatic rings. The number of carbonyl (C=O) groups excluding carboxylic acids is 1. The number of piperazine rings is 1. The molecule has 9 nitrogen and oxygen atoms in total. The van der Waals surface area contributed by atoms with Crippen molar-refractivity contribution >= 4 is 34.2 Å². The molecule has 0 radical (unpaired) electrons. The number of benzene rings is 1. The van der Waals surface area contributed by atoms with E-state index in [1.807, 2.05) is 17.9 Å². The predicted molar refractivity (Wildman–Crippen MR) is 137 cm³/mol. The van der Waals surface area contributed by atoms with Crippen LogP contribution in [0.1, 0.15) is 37.3 Å². The second-order valence-electron chi connectivity index (χ2n) is 10.1. The van der Waals surface area contributed by atoms with Crippen LogP contribution in [-0.4, -0.2) is 75.2 Å². The van der Waals surface area contributed by atoms with Crippen molar-refractivity contribution in [3.63, 3.8) is 0 Å². The standard InChI is InChI=1S/C26H24ClF3N8O/c1-14-8-37(25(39)26(10-28,11-29)12-32)15(2)7-36(14)24-21-17(18-5-19(18)30)3-4-20(22(21)33-13-34-24)38-9-16(6-31)23(27)35-38/h3-4,9,13-15,18-19H,5,7-8,10-11H2,1-2H3/t14-,15+,18-,19+/m0/s1. The lowest BCUT2D eigenvalue weighted by Crippen LogP contribution is -2.61. The maximum Gasteiger partial charge on any atom is 0.248 e. The molecule has 1 saturated heterocycles. The number of amides is 1. The monoisotopic (exact) mass is 556 g/mol. The molecule has 4 atom stereocenters. The molecule has 0 bridgehead atoms. The Balaban J connectivity index is 1.59. The summed E-state index contributed by atoms with van der Waals surface area (Å²) >= 11 is 6.10. The average Bonchev–Trinajstić information content (AvgIpc) is 3.55. The van der Waals surface area contributed by atoms with Crippen molar-refractivity contribution in [1.82, 2.24) is 24.6 Å². The molecule has 0 spiro atoms. The van der Waals surface area contributed by atoms with E-state index in [1.54, 1.807) is 19.1 Å². The zero-order valence-corrected chi connectivity index (χ0v) is 21.9. The summed E-state index contributed by atoms with van der Waals surface area (Å²) in [5.74, 6) is -0.696. The molecule has 1 aliphatic heterocycles. The summed E-state index contributed by atoms with van der Waals surface area (Å²) in [4.78, 5) is 25.4. The van der Waals surface area contributed by atoms with Gasteiger partial charge in [0.15, 0.2) is 10.6 Å². The fourth-order valence-electron chi connectivity index (χ4n) is 5.15. The van der Waals surface area contributed by atoms with Gasteiger partial charge in [-0.1, -0.05) is 17.7 Å². The fraction of sp³-hybridized carbons (Fsp3) is 0.462. The van der Waals surface area contributed by atoms with Crippen LogP contribution in [0, 0.1) is 28.1 Å². The number of alkyl halides is 3. The number of hydrogen-bond donors (Lipinski definition) is 0. The first kappa shape index (κ1) is 26.7. The van der Waals surface area contributed by atoms with Crippen molar-refractivity contribution in [1.29, 1.82) is 10.5 Å². The summed E-state index contributed by atoms with van der Waals surface area (Å²) in [6.45, 7) is 1.08. The van der Waals surface area contributed by atoms with E-state index in [9.17, 15) is 28.5 Å². The third-order valence-electron chi connectivity index (χ3n) is 7.53. The lowest BCUT2D eigenvalue weighted by Gasteiger charge is -2.46. The van der Waals surface area contributed by atoms with E-state index in [-0.39, 0.29) is 35.8 Å². The minimum atomic E-state index is -2.37. The van der Waals surface area contributed by atoms with E-state index in [1.165, 1.54) is 28.2 Å². The van der Waals surface area contributed by atoms with Crippen LogP contribution in [0.2, 0.25) is 5.15 Å². The highest BCUT2D eigenvalue weighted by Crippen LogP contribution is 2.48. The molecule has 3 heterocycles. The highest BCUT2D eigenvalue weighted by molar-refractivity contribution is 6.30. The molecule has 39 heavy (non-hydrogen) atoms. The number of carbonyl (C=O) groups is 1. The molecule has 13 heteroatoms. The minimum absolute atomic E-state index is 0.0354. The van der Waals surface area contributed by atoms with Crippen molar-refractivity contribution < 1.29 is 18.0 Å². The zero-order valence-electron chi connectivity index (χ0n) is 21.2. The predicted octanol–water partition coefficient (Wildman–Crippen LogP) is 4.04. The van der Waals surface area contributed by atoms with Gasteiger partial charge < -0.3 is 9.80 Å². The van der Waals surface area contributed by atoms with Crippen molar-refractivity contribution in [2.75, 3.05) is 31.3 Å². The van der Waals surface area contributed by atoms with Crippen LogP contribution in [0.25, 0.3) is 16.6 Å². The zero-order chi connectivity index (χ0) is 28.1. The number of fused-ring (bicyclic) bond motifs is 1. The van der Waals surface area contributed by atoms with Crippen molar-refractivity contribution in [2.45, 2.75) is 44.4 Å².